The van der Waals surface area contributed by atoms with Gasteiger partial charge >= 0.3 is 5.97 Å². The number of carbonyl (C=O) groups is 1. The lowest BCUT2D eigenvalue weighted by Gasteiger charge is -2.42. The summed E-state index contributed by atoms with van der Waals surface area (Å²) in [6.45, 7) is 7.67. The number of pyridine rings is 1. The highest BCUT2D eigenvalue weighted by atomic mass is 16.5. The zero-order chi connectivity index (χ0) is 25.7. The van der Waals surface area contributed by atoms with Gasteiger partial charge in [-0.2, -0.15) is 0 Å². The average Bonchev–Trinajstić information content (AvgIpc) is 2.95. The van der Waals surface area contributed by atoms with Crippen molar-refractivity contribution < 1.29 is 19.0 Å². The smallest absolute Gasteiger partial charge is 0.312 e. The van der Waals surface area contributed by atoms with E-state index >= 15 is 0 Å². The lowest BCUT2D eigenvalue weighted by molar-refractivity contribution is -0.159. The molecule has 0 atom stereocenters. The van der Waals surface area contributed by atoms with E-state index in [4.69, 9.17) is 14.2 Å². The van der Waals surface area contributed by atoms with Crippen molar-refractivity contribution in [2.75, 3.05) is 57.9 Å². The molecule has 3 heterocycles. The maximum atomic E-state index is 13.3. The Bertz CT molecular complexity index is 1050. The molecule has 1 saturated heterocycles. The number of likely N-dealkylation sites (tertiary alicyclic amines) is 1. The molecule has 1 aliphatic carbocycles. The molecule has 2 aliphatic heterocycles. The standard InChI is InChI=1S/C30H43N3O4/c1-3-36-29(34)30(12-16-32(17-13-30)15-11-23-7-5-4-6-8-23)14-18-33-19-20-37-27-22-31-26-10-9-24(35-2)21-25(26)28(27)33/h9-10,21-23H,3-8,11-20H2,1-2H3. The summed E-state index contributed by atoms with van der Waals surface area (Å²) in [6, 6.07) is 5.96. The molecule has 1 aromatic carbocycles. The summed E-state index contributed by atoms with van der Waals surface area (Å²) in [7, 11) is 1.68. The molecule has 1 saturated carbocycles. The molecular weight excluding hydrogens is 466 g/mol. The number of piperidine rings is 1. The minimum Gasteiger partial charge on any atom is -0.497 e. The minimum absolute atomic E-state index is 0.0170. The molecule has 0 radical (unpaired) electrons. The van der Waals surface area contributed by atoms with Crippen molar-refractivity contribution >= 4 is 22.6 Å². The largest absolute Gasteiger partial charge is 0.497 e. The zero-order valence-electron chi connectivity index (χ0n) is 22.7. The number of fused-ring (bicyclic) bond motifs is 3. The number of nitrogens with zero attached hydrogens (tertiary/aromatic N) is 3. The number of methoxy groups -OCH3 is 1. The Morgan fingerprint density at radius 2 is 1.95 bits per heavy atom. The van der Waals surface area contributed by atoms with Crippen LogP contribution in [-0.4, -0.2) is 68.9 Å². The summed E-state index contributed by atoms with van der Waals surface area (Å²) in [5.41, 5.74) is 1.55. The zero-order valence-corrected chi connectivity index (χ0v) is 22.7. The number of aromatic nitrogens is 1. The first-order chi connectivity index (χ1) is 18.1. The van der Waals surface area contributed by atoms with Crippen LogP contribution >= 0.6 is 0 Å². The number of esters is 1. The summed E-state index contributed by atoms with van der Waals surface area (Å²) < 4.78 is 17.1. The van der Waals surface area contributed by atoms with Gasteiger partial charge in [-0.15, -0.1) is 0 Å². The second kappa shape index (κ2) is 11.9. The van der Waals surface area contributed by atoms with Crippen LogP contribution in [0.25, 0.3) is 10.9 Å². The van der Waals surface area contributed by atoms with Gasteiger partial charge in [-0.3, -0.25) is 9.78 Å². The third-order valence-electron chi connectivity index (χ3n) is 8.91. The van der Waals surface area contributed by atoms with E-state index in [1.807, 2.05) is 31.3 Å². The Balaban J connectivity index is 1.28. The van der Waals surface area contributed by atoms with Gasteiger partial charge in [0.1, 0.15) is 12.4 Å². The van der Waals surface area contributed by atoms with Gasteiger partial charge in [-0.25, -0.2) is 0 Å². The molecule has 5 rings (SSSR count). The van der Waals surface area contributed by atoms with Gasteiger partial charge in [-0.1, -0.05) is 32.1 Å². The Morgan fingerprint density at radius 3 is 2.70 bits per heavy atom. The van der Waals surface area contributed by atoms with Crippen LogP contribution in [0.1, 0.15) is 64.7 Å². The monoisotopic (exact) mass is 509 g/mol. The SMILES string of the molecule is CCOC(=O)C1(CCN2CCOc3cnc4ccc(OC)cc4c32)CCN(CCC2CCCCC2)CC1. The number of hydrogen-bond acceptors (Lipinski definition) is 7. The Labute approximate surface area is 221 Å². The van der Waals surface area contributed by atoms with E-state index in [1.165, 1.54) is 45.1 Å². The first-order valence-electron chi connectivity index (χ1n) is 14.4. The highest BCUT2D eigenvalue weighted by Crippen LogP contribution is 2.42. The van der Waals surface area contributed by atoms with Gasteiger partial charge in [0.05, 0.1) is 43.1 Å². The third-order valence-corrected chi connectivity index (χ3v) is 8.91. The maximum Gasteiger partial charge on any atom is 0.312 e. The van der Waals surface area contributed by atoms with Crippen molar-refractivity contribution in [3.63, 3.8) is 0 Å². The Kier molecular flexibility index (Phi) is 8.38. The van der Waals surface area contributed by atoms with Crippen LogP contribution in [0.5, 0.6) is 11.5 Å². The Morgan fingerprint density at radius 1 is 1.14 bits per heavy atom. The van der Waals surface area contributed by atoms with Gasteiger partial charge < -0.3 is 24.0 Å². The molecule has 7 heteroatoms. The van der Waals surface area contributed by atoms with E-state index in [0.29, 0.717) is 13.2 Å². The highest BCUT2D eigenvalue weighted by molar-refractivity contribution is 5.96. The predicted molar refractivity (Wildman–Crippen MR) is 147 cm³/mol. The van der Waals surface area contributed by atoms with Crippen LogP contribution in [0.15, 0.2) is 24.4 Å². The molecule has 0 bridgehead atoms. The molecule has 0 unspecified atom stereocenters. The first-order valence-corrected chi connectivity index (χ1v) is 14.4. The molecule has 0 amide bonds. The second-order valence-corrected chi connectivity index (χ2v) is 11.1. The third kappa shape index (κ3) is 5.82. The summed E-state index contributed by atoms with van der Waals surface area (Å²) in [4.78, 5) is 22.9. The van der Waals surface area contributed by atoms with Gasteiger partial charge in [0.25, 0.3) is 0 Å². The molecule has 202 valence electrons. The topological polar surface area (TPSA) is 64.1 Å². The van der Waals surface area contributed by atoms with E-state index < -0.39 is 5.41 Å². The van der Waals surface area contributed by atoms with Crippen LogP contribution in [0, 0.1) is 11.3 Å². The highest BCUT2D eigenvalue weighted by Gasteiger charge is 2.43. The van der Waals surface area contributed by atoms with Crippen molar-refractivity contribution in [2.45, 2.75) is 64.7 Å². The van der Waals surface area contributed by atoms with E-state index in [2.05, 4.69) is 14.8 Å². The van der Waals surface area contributed by atoms with Crippen LogP contribution in [-0.2, 0) is 9.53 Å². The number of ether oxygens (including phenoxy) is 3. The lowest BCUT2D eigenvalue weighted by atomic mass is 9.75. The van der Waals surface area contributed by atoms with Crippen molar-refractivity contribution in [1.82, 2.24) is 9.88 Å². The molecule has 2 aromatic rings. The number of carbonyl (C=O) groups excluding carboxylic acids is 1. The predicted octanol–water partition coefficient (Wildman–Crippen LogP) is 5.45. The average molecular weight is 510 g/mol. The van der Waals surface area contributed by atoms with Crippen LogP contribution in [0.4, 0.5) is 5.69 Å². The van der Waals surface area contributed by atoms with Gasteiger partial charge in [0.2, 0.25) is 0 Å². The van der Waals surface area contributed by atoms with Crippen LogP contribution in [0.2, 0.25) is 0 Å². The fourth-order valence-corrected chi connectivity index (χ4v) is 6.53. The van der Waals surface area contributed by atoms with E-state index in [9.17, 15) is 4.79 Å². The Hall–Kier alpha value is -2.54. The van der Waals surface area contributed by atoms with Crippen LogP contribution in [0.3, 0.4) is 0 Å². The molecular formula is C30H43N3O4. The summed E-state index contributed by atoms with van der Waals surface area (Å²) in [5, 5.41) is 1.03. The second-order valence-electron chi connectivity index (χ2n) is 11.1. The van der Waals surface area contributed by atoms with Crippen molar-refractivity contribution in [3.8, 4) is 11.5 Å². The van der Waals surface area contributed by atoms with E-state index in [0.717, 1.165) is 79.4 Å². The lowest BCUT2D eigenvalue weighted by Crippen LogP contribution is -2.47. The summed E-state index contributed by atoms with van der Waals surface area (Å²) in [6.07, 6.45) is 12.7. The summed E-state index contributed by atoms with van der Waals surface area (Å²) in [5.74, 6) is 2.48. The molecule has 37 heavy (non-hydrogen) atoms. The number of anilines is 1. The number of benzene rings is 1. The fourth-order valence-electron chi connectivity index (χ4n) is 6.53. The number of hydrogen-bond donors (Lipinski definition) is 0. The number of rotatable bonds is 9. The molecule has 3 aliphatic rings. The van der Waals surface area contributed by atoms with Gasteiger partial charge in [-0.05, 0) is 76.4 Å². The summed E-state index contributed by atoms with van der Waals surface area (Å²) >= 11 is 0. The maximum absolute atomic E-state index is 13.3. The van der Waals surface area contributed by atoms with Crippen molar-refractivity contribution in [1.29, 1.82) is 0 Å². The minimum atomic E-state index is -0.420. The molecule has 7 nitrogen and oxygen atoms in total. The van der Waals surface area contributed by atoms with Crippen LogP contribution < -0.4 is 14.4 Å². The molecule has 0 N–H and O–H groups in total. The first kappa shape index (κ1) is 26.1. The van der Waals surface area contributed by atoms with E-state index in [-0.39, 0.29) is 5.97 Å². The van der Waals surface area contributed by atoms with Gasteiger partial charge in [0.15, 0.2) is 5.75 Å². The normalized spacial score (nSPS) is 20.3. The molecule has 2 fully saturated rings. The van der Waals surface area contributed by atoms with Crippen molar-refractivity contribution in [2.24, 2.45) is 11.3 Å². The quantitative estimate of drug-likeness (QED) is 0.417. The van der Waals surface area contributed by atoms with Gasteiger partial charge in [0, 0.05) is 11.9 Å². The molecule has 0 spiro atoms. The van der Waals surface area contributed by atoms with Crippen molar-refractivity contribution in [3.05, 3.63) is 24.4 Å². The van der Waals surface area contributed by atoms with E-state index in [1.54, 1.807) is 7.11 Å². The fraction of sp³-hybridized carbons (Fsp3) is 0.667. The molecule has 1 aromatic heterocycles.